The van der Waals surface area contributed by atoms with Gasteiger partial charge in [-0.1, -0.05) is 66.7 Å². The van der Waals surface area contributed by atoms with E-state index < -0.39 is 7.12 Å². The van der Waals surface area contributed by atoms with Crippen LogP contribution in [0.3, 0.4) is 0 Å². The zero-order chi connectivity index (χ0) is 50.5. The third kappa shape index (κ3) is 16.4. The van der Waals surface area contributed by atoms with Crippen molar-refractivity contribution < 1.29 is 47.4 Å². The third-order valence-electron chi connectivity index (χ3n) is 10.8. The molecular formula is C57H51BBrF3N3O6+. The minimum Gasteiger partial charge on any atom is -0.496 e. The first-order valence-electron chi connectivity index (χ1n) is 22.2. The molecule has 3 aromatic heterocycles. The number of pyridine rings is 3. The van der Waals surface area contributed by atoms with Gasteiger partial charge in [0.1, 0.15) is 34.7 Å². The van der Waals surface area contributed by atoms with E-state index in [-0.39, 0.29) is 17.5 Å². The van der Waals surface area contributed by atoms with E-state index in [1.54, 1.807) is 88.6 Å². The fourth-order valence-electron chi connectivity index (χ4n) is 7.19. The Morgan fingerprint density at radius 2 is 0.901 bits per heavy atom. The van der Waals surface area contributed by atoms with Crippen LogP contribution in [0.4, 0.5) is 13.2 Å². The molecule has 9 aromatic rings. The van der Waals surface area contributed by atoms with E-state index in [1.807, 2.05) is 85.1 Å². The summed E-state index contributed by atoms with van der Waals surface area (Å²) in [7, 11) is 3.52. The Hall–Kier alpha value is -7.78. The van der Waals surface area contributed by atoms with Crippen molar-refractivity contribution >= 4 is 28.5 Å². The van der Waals surface area contributed by atoms with E-state index in [0.29, 0.717) is 11.9 Å². The minimum atomic E-state index is -1.40. The van der Waals surface area contributed by atoms with E-state index >= 15 is 0 Å². The second-order valence-corrected chi connectivity index (χ2v) is 16.7. The van der Waals surface area contributed by atoms with E-state index in [2.05, 4.69) is 32.0 Å². The van der Waals surface area contributed by atoms with Crippen LogP contribution in [0.15, 0.2) is 205 Å². The van der Waals surface area contributed by atoms with Gasteiger partial charge in [-0.15, -0.1) is 0 Å². The molecule has 0 saturated carbocycles. The van der Waals surface area contributed by atoms with Gasteiger partial charge in [0.2, 0.25) is 12.4 Å². The molecule has 14 heteroatoms. The summed E-state index contributed by atoms with van der Waals surface area (Å²) in [6, 6.07) is 48.4. The number of benzene rings is 6. The minimum absolute atomic E-state index is 0.204. The molecule has 0 aliphatic heterocycles. The number of nitrogens with zero attached hydrogens (tertiary/aromatic N) is 3. The highest BCUT2D eigenvalue weighted by Crippen LogP contribution is 2.33. The molecule has 360 valence electrons. The van der Waals surface area contributed by atoms with Crippen LogP contribution >= 0.6 is 15.9 Å². The molecule has 0 bridgehead atoms. The molecule has 9 rings (SSSR count). The summed E-state index contributed by atoms with van der Waals surface area (Å²) in [5.74, 6) is 1.71. The Bertz CT molecular complexity index is 3050. The van der Waals surface area contributed by atoms with Crippen LogP contribution in [-0.2, 0) is 19.3 Å². The third-order valence-corrected chi connectivity index (χ3v) is 11.4. The SMILES string of the molecule is COc1ccc(Cc2ccc(F)cc2)cc1-c1ccc[n+](O)c1.COc1ccc(Cc2ccc(F)cc2)cc1-c1cccnc1.COc1ccc(Cc2ccc(F)cc2)cc1Br.OB(O)c1cccnc1. The van der Waals surface area contributed by atoms with Gasteiger partial charge in [-0.3, -0.25) is 15.2 Å². The summed E-state index contributed by atoms with van der Waals surface area (Å²) in [6.45, 7) is 0. The molecule has 3 N–H and O–H groups in total. The van der Waals surface area contributed by atoms with Gasteiger partial charge < -0.3 is 24.3 Å². The molecule has 0 unspecified atom stereocenters. The topological polar surface area (TPSA) is 118 Å². The first-order chi connectivity index (χ1) is 34.4. The number of halogens is 4. The summed E-state index contributed by atoms with van der Waals surface area (Å²) in [5.41, 5.74) is 10.8. The highest BCUT2D eigenvalue weighted by atomic mass is 79.9. The van der Waals surface area contributed by atoms with E-state index in [0.717, 1.165) is 94.9 Å². The molecule has 3 heterocycles. The molecule has 0 spiro atoms. The van der Waals surface area contributed by atoms with Crippen molar-refractivity contribution in [3.8, 4) is 39.5 Å². The van der Waals surface area contributed by atoms with Gasteiger partial charge in [0.15, 0.2) is 0 Å². The summed E-state index contributed by atoms with van der Waals surface area (Å²) in [4.78, 5) is 7.85. The predicted molar refractivity (Wildman–Crippen MR) is 274 cm³/mol. The van der Waals surface area contributed by atoms with Crippen molar-refractivity contribution in [2.45, 2.75) is 19.3 Å². The quantitative estimate of drug-likeness (QED) is 0.0629. The maximum Gasteiger partial charge on any atom is 0.490 e. The first kappa shape index (κ1) is 52.6. The lowest BCUT2D eigenvalue weighted by molar-refractivity contribution is -0.904. The molecule has 0 aliphatic rings. The van der Waals surface area contributed by atoms with E-state index in [9.17, 15) is 18.4 Å². The second-order valence-electron chi connectivity index (χ2n) is 15.8. The van der Waals surface area contributed by atoms with Crippen molar-refractivity contribution in [1.29, 1.82) is 0 Å². The number of ether oxygens (including phenoxy) is 3. The monoisotopic (exact) mass is 1020 g/mol. The number of methoxy groups -OCH3 is 3. The van der Waals surface area contributed by atoms with E-state index in [1.165, 1.54) is 42.6 Å². The average Bonchev–Trinajstić information content (AvgIpc) is 3.39. The van der Waals surface area contributed by atoms with Gasteiger partial charge in [0.25, 0.3) is 0 Å². The molecule has 0 saturated heterocycles. The van der Waals surface area contributed by atoms with Crippen molar-refractivity contribution in [1.82, 2.24) is 9.97 Å². The van der Waals surface area contributed by atoms with Crippen LogP contribution in [0.5, 0.6) is 17.2 Å². The molecule has 9 nitrogen and oxygen atoms in total. The number of aromatic nitrogens is 3. The smallest absolute Gasteiger partial charge is 0.490 e. The highest BCUT2D eigenvalue weighted by Gasteiger charge is 2.13. The summed E-state index contributed by atoms with van der Waals surface area (Å²) >= 11 is 3.45. The fourth-order valence-corrected chi connectivity index (χ4v) is 7.78. The lowest BCUT2D eigenvalue weighted by Gasteiger charge is -2.11. The Morgan fingerprint density at radius 1 is 0.493 bits per heavy atom. The molecule has 0 amide bonds. The number of rotatable bonds is 12. The molecule has 0 atom stereocenters. The van der Waals surface area contributed by atoms with Gasteiger partial charge in [-0.25, -0.2) is 13.2 Å². The Labute approximate surface area is 420 Å². The Balaban J connectivity index is 0.000000162. The van der Waals surface area contributed by atoms with E-state index in [4.69, 9.17) is 24.3 Å². The maximum atomic E-state index is 13.0. The van der Waals surface area contributed by atoms with Gasteiger partial charge >= 0.3 is 7.12 Å². The fraction of sp³-hybridized carbons (Fsp3) is 0.105. The lowest BCUT2D eigenvalue weighted by atomic mass is 9.82. The van der Waals surface area contributed by atoms with Crippen LogP contribution in [0.2, 0.25) is 0 Å². The van der Waals surface area contributed by atoms with Crippen LogP contribution in [0.25, 0.3) is 22.3 Å². The van der Waals surface area contributed by atoms with Gasteiger partial charge in [-0.2, -0.15) is 0 Å². The van der Waals surface area contributed by atoms with Crippen molar-refractivity contribution in [2.75, 3.05) is 21.3 Å². The molecule has 0 fully saturated rings. The molecular weight excluding hydrogens is 970 g/mol. The lowest BCUT2D eigenvalue weighted by Crippen LogP contribution is -2.29. The molecule has 71 heavy (non-hydrogen) atoms. The van der Waals surface area contributed by atoms with Crippen molar-refractivity contribution in [3.63, 3.8) is 0 Å². The Kier molecular flexibility index (Phi) is 19.9. The number of hydrogen-bond donors (Lipinski definition) is 3. The molecule has 0 aliphatic carbocycles. The predicted octanol–water partition coefficient (Wildman–Crippen LogP) is 11.1. The summed E-state index contributed by atoms with van der Waals surface area (Å²) < 4.78 is 56.7. The molecule has 0 radical (unpaired) electrons. The van der Waals surface area contributed by atoms with Gasteiger partial charge in [-0.05, 0) is 160 Å². The summed E-state index contributed by atoms with van der Waals surface area (Å²) in [6.07, 6.45) is 12.0. The maximum absolute atomic E-state index is 13.0. The zero-order valence-corrected chi connectivity index (χ0v) is 40.8. The number of hydrogen-bond acceptors (Lipinski definition) is 8. The van der Waals surface area contributed by atoms with Crippen LogP contribution < -0.4 is 24.4 Å². The van der Waals surface area contributed by atoms with Gasteiger partial charge in [0.05, 0.1) is 31.4 Å². The van der Waals surface area contributed by atoms with Crippen LogP contribution in [0, 0.1) is 17.5 Å². The highest BCUT2D eigenvalue weighted by molar-refractivity contribution is 9.10. The average molecular weight is 1020 g/mol. The summed E-state index contributed by atoms with van der Waals surface area (Å²) in [5, 5.41) is 26.7. The first-order valence-corrected chi connectivity index (χ1v) is 23.0. The molecule has 6 aromatic carbocycles. The Morgan fingerprint density at radius 3 is 1.28 bits per heavy atom. The van der Waals surface area contributed by atoms with Crippen molar-refractivity contribution in [2.24, 2.45) is 0 Å². The van der Waals surface area contributed by atoms with Gasteiger partial charge in [0, 0.05) is 57.7 Å². The normalized spacial score (nSPS) is 10.3. The zero-order valence-electron chi connectivity index (χ0n) is 39.2. The second kappa shape index (κ2) is 26.8. The van der Waals surface area contributed by atoms with Crippen LogP contribution in [-0.4, -0.2) is 53.7 Å². The van der Waals surface area contributed by atoms with Crippen LogP contribution in [0.1, 0.15) is 33.4 Å². The van der Waals surface area contributed by atoms with Crippen molar-refractivity contribution in [3.05, 3.63) is 256 Å². The largest absolute Gasteiger partial charge is 0.496 e. The standard InChI is InChI=1S/C19H17FNO2.C19H16FNO.C14H12BrFO.C5H6BNO2/c1-23-19-9-6-15(11-14-4-7-17(20)8-5-14)12-18(19)16-3-2-10-21(22)13-16;1-22-19-9-6-15(11-14-4-7-17(20)8-5-14)12-18(19)16-3-2-10-21-13-16;1-17-14-7-4-11(9-13(14)15)8-10-2-5-12(16)6-3-10;8-6(9)5-2-1-3-7-4-5/h2-10,12-13,22H,11H2,1H3;2-10,12-13H,11H2,1H3;2-7,9H,8H2,1H3;1-4,8-9H/q+1;;;.